The fraction of sp³-hybridized carbons (Fsp3) is 0.269. The molecule has 35 heavy (non-hydrogen) atoms. The van der Waals surface area contributed by atoms with Gasteiger partial charge in [-0.2, -0.15) is 4.98 Å². The topological polar surface area (TPSA) is 79.9 Å². The smallest absolute Gasteiger partial charge is 0.275 e. The van der Waals surface area contributed by atoms with Crippen LogP contribution in [0.3, 0.4) is 0 Å². The SMILES string of the molecule is COc1cc(Nc2ncc3c(n2)n2c(cc4ccccc42)c(=O)n3C)ccc1N1CCN(C)CC1. The van der Waals surface area contributed by atoms with Crippen LogP contribution in [0.25, 0.3) is 27.6 Å². The quantitative estimate of drug-likeness (QED) is 0.433. The molecule has 4 heterocycles. The van der Waals surface area contributed by atoms with E-state index in [0.717, 1.165) is 54.2 Å². The third kappa shape index (κ3) is 3.55. The molecule has 0 radical (unpaired) electrons. The van der Waals surface area contributed by atoms with Crippen LogP contribution in [0.4, 0.5) is 17.3 Å². The van der Waals surface area contributed by atoms with Crippen LogP contribution in [-0.4, -0.2) is 64.2 Å². The van der Waals surface area contributed by atoms with E-state index in [9.17, 15) is 4.79 Å². The van der Waals surface area contributed by atoms with Crippen molar-refractivity contribution >= 4 is 44.9 Å². The second kappa shape index (κ2) is 8.28. The van der Waals surface area contributed by atoms with Crippen LogP contribution in [0.15, 0.2) is 59.5 Å². The van der Waals surface area contributed by atoms with Gasteiger partial charge in [0.25, 0.3) is 5.56 Å². The zero-order valence-electron chi connectivity index (χ0n) is 20.0. The summed E-state index contributed by atoms with van der Waals surface area (Å²) in [5.41, 5.74) is 4.69. The molecule has 0 spiro atoms. The van der Waals surface area contributed by atoms with Gasteiger partial charge in [0, 0.05) is 50.4 Å². The summed E-state index contributed by atoms with van der Waals surface area (Å²) in [6, 6.07) is 15.9. The predicted octanol–water partition coefficient (Wildman–Crippen LogP) is 3.24. The first-order chi connectivity index (χ1) is 17.0. The van der Waals surface area contributed by atoms with Gasteiger partial charge in [-0.1, -0.05) is 18.2 Å². The third-order valence-corrected chi connectivity index (χ3v) is 6.84. The molecule has 0 unspecified atom stereocenters. The second-order valence-corrected chi connectivity index (χ2v) is 8.99. The van der Waals surface area contributed by atoms with Crippen LogP contribution in [0.2, 0.25) is 0 Å². The lowest BCUT2D eigenvalue weighted by Crippen LogP contribution is -2.44. The van der Waals surface area contributed by atoms with Gasteiger partial charge in [0.1, 0.15) is 16.8 Å². The van der Waals surface area contributed by atoms with Crippen LogP contribution in [-0.2, 0) is 7.05 Å². The lowest BCUT2D eigenvalue weighted by molar-refractivity contribution is 0.311. The van der Waals surface area contributed by atoms with Crippen molar-refractivity contribution in [3.63, 3.8) is 0 Å². The highest BCUT2D eigenvalue weighted by molar-refractivity contribution is 5.92. The largest absolute Gasteiger partial charge is 0.495 e. The minimum absolute atomic E-state index is 0.0813. The maximum absolute atomic E-state index is 13.0. The van der Waals surface area contributed by atoms with E-state index in [0.29, 0.717) is 22.6 Å². The van der Waals surface area contributed by atoms with Gasteiger partial charge in [0.05, 0.1) is 24.5 Å². The number of fused-ring (bicyclic) bond motifs is 5. The average molecular weight is 470 g/mol. The van der Waals surface area contributed by atoms with Crippen molar-refractivity contribution in [3.8, 4) is 5.75 Å². The predicted molar refractivity (Wildman–Crippen MR) is 139 cm³/mol. The van der Waals surface area contributed by atoms with Crippen LogP contribution in [0, 0.1) is 0 Å². The minimum atomic E-state index is -0.0813. The summed E-state index contributed by atoms with van der Waals surface area (Å²) in [4.78, 5) is 27.0. The fourth-order valence-electron chi connectivity index (χ4n) is 4.84. The highest BCUT2D eigenvalue weighted by atomic mass is 16.5. The number of aryl methyl sites for hydroxylation is 1. The Morgan fingerprint density at radius 1 is 0.943 bits per heavy atom. The molecule has 5 aromatic rings. The van der Waals surface area contributed by atoms with Gasteiger partial charge in [-0.25, -0.2) is 4.98 Å². The number of aromatic nitrogens is 4. The van der Waals surface area contributed by atoms with Crippen LogP contribution >= 0.6 is 0 Å². The number of likely N-dealkylation sites (N-methyl/N-ethyl adjacent to an activating group) is 1. The van der Waals surface area contributed by atoms with Gasteiger partial charge >= 0.3 is 0 Å². The summed E-state index contributed by atoms with van der Waals surface area (Å²) in [6.07, 6.45) is 1.69. The highest BCUT2D eigenvalue weighted by Gasteiger charge is 2.19. The lowest BCUT2D eigenvalue weighted by Gasteiger charge is -2.34. The Balaban J connectivity index is 1.41. The van der Waals surface area contributed by atoms with Gasteiger partial charge < -0.3 is 24.4 Å². The number of methoxy groups -OCH3 is 1. The number of rotatable bonds is 4. The molecule has 1 fully saturated rings. The number of hydrogen-bond donors (Lipinski definition) is 1. The van der Waals surface area contributed by atoms with E-state index in [1.165, 1.54) is 0 Å². The van der Waals surface area contributed by atoms with E-state index < -0.39 is 0 Å². The molecule has 9 nitrogen and oxygen atoms in total. The number of nitrogens with one attached hydrogen (secondary N) is 1. The number of piperazine rings is 1. The van der Waals surface area contributed by atoms with E-state index in [-0.39, 0.29) is 5.56 Å². The van der Waals surface area contributed by atoms with Crippen molar-refractivity contribution in [3.05, 3.63) is 65.1 Å². The molecule has 1 saturated heterocycles. The van der Waals surface area contributed by atoms with E-state index >= 15 is 0 Å². The van der Waals surface area contributed by atoms with E-state index in [2.05, 4.69) is 33.2 Å². The Labute approximate surface area is 202 Å². The van der Waals surface area contributed by atoms with E-state index in [1.807, 2.05) is 46.9 Å². The summed E-state index contributed by atoms with van der Waals surface area (Å²) in [6.45, 7) is 3.98. The molecular formula is C26H27N7O2. The first-order valence-electron chi connectivity index (χ1n) is 11.7. The van der Waals surface area contributed by atoms with Crippen molar-refractivity contribution in [2.75, 3.05) is 50.6 Å². The van der Waals surface area contributed by atoms with Crippen molar-refractivity contribution in [1.82, 2.24) is 23.8 Å². The average Bonchev–Trinajstić information content (AvgIpc) is 3.28. The number of para-hydroxylation sites is 1. The zero-order chi connectivity index (χ0) is 24.1. The first kappa shape index (κ1) is 21.4. The maximum Gasteiger partial charge on any atom is 0.275 e. The van der Waals surface area contributed by atoms with Crippen molar-refractivity contribution in [2.45, 2.75) is 0 Å². The number of anilines is 3. The van der Waals surface area contributed by atoms with Crippen molar-refractivity contribution in [2.24, 2.45) is 7.05 Å². The molecule has 0 aliphatic carbocycles. The first-order valence-corrected chi connectivity index (χ1v) is 11.7. The molecule has 1 aliphatic rings. The van der Waals surface area contributed by atoms with Gasteiger partial charge in [-0.15, -0.1) is 0 Å². The van der Waals surface area contributed by atoms with Crippen molar-refractivity contribution in [1.29, 1.82) is 0 Å². The summed E-state index contributed by atoms with van der Waals surface area (Å²) in [7, 11) is 5.59. The molecule has 1 N–H and O–H groups in total. The minimum Gasteiger partial charge on any atom is -0.495 e. The van der Waals surface area contributed by atoms with E-state index in [4.69, 9.17) is 9.72 Å². The zero-order valence-corrected chi connectivity index (χ0v) is 20.0. The molecular weight excluding hydrogens is 442 g/mol. The Morgan fingerprint density at radius 2 is 1.74 bits per heavy atom. The Kier molecular flexibility index (Phi) is 5.07. The van der Waals surface area contributed by atoms with Gasteiger partial charge in [-0.05, 0) is 31.3 Å². The summed E-state index contributed by atoms with van der Waals surface area (Å²) in [5.74, 6) is 1.26. The van der Waals surface area contributed by atoms with E-state index in [1.54, 1.807) is 24.9 Å². The van der Waals surface area contributed by atoms with Crippen LogP contribution in [0.5, 0.6) is 5.75 Å². The summed E-state index contributed by atoms with van der Waals surface area (Å²) in [5, 5.41) is 4.31. The number of nitrogens with zero attached hydrogens (tertiary/aromatic N) is 6. The fourth-order valence-corrected chi connectivity index (χ4v) is 4.84. The molecule has 6 rings (SSSR count). The maximum atomic E-state index is 13.0. The molecule has 0 amide bonds. The lowest BCUT2D eigenvalue weighted by atomic mass is 10.2. The summed E-state index contributed by atoms with van der Waals surface area (Å²) < 4.78 is 9.23. The van der Waals surface area contributed by atoms with Crippen LogP contribution in [0.1, 0.15) is 0 Å². The molecule has 2 aromatic carbocycles. The Bertz CT molecular complexity index is 1630. The number of benzene rings is 2. The Morgan fingerprint density at radius 3 is 2.54 bits per heavy atom. The number of hydrogen-bond acceptors (Lipinski definition) is 7. The molecule has 178 valence electrons. The van der Waals surface area contributed by atoms with Gasteiger partial charge in [0.15, 0.2) is 5.65 Å². The van der Waals surface area contributed by atoms with Gasteiger partial charge in [-0.3, -0.25) is 9.20 Å². The molecule has 0 bridgehead atoms. The molecule has 1 aliphatic heterocycles. The monoisotopic (exact) mass is 469 g/mol. The highest BCUT2D eigenvalue weighted by Crippen LogP contribution is 2.33. The van der Waals surface area contributed by atoms with Gasteiger partial charge in [0.2, 0.25) is 5.95 Å². The second-order valence-electron chi connectivity index (χ2n) is 8.99. The molecule has 9 heteroatoms. The standard InChI is InChI=1S/C26H27N7O2/c1-30-10-12-32(13-11-30)20-9-8-18(15-23(20)35-3)28-26-27-16-22-24(29-26)33-19-7-5-4-6-17(19)14-21(33)25(34)31(22)2/h4-9,14-16H,10-13H2,1-3H3,(H,27,28,29). The Hall–Kier alpha value is -4.11. The normalized spacial score (nSPS) is 14.8. The number of ether oxygens (including phenoxy) is 1. The molecule has 3 aromatic heterocycles. The van der Waals surface area contributed by atoms with Crippen molar-refractivity contribution < 1.29 is 4.74 Å². The van der Waals surface area contributed by atoms with Crippen LogP contribution < -0.4 is 20.5 Å². The molecule has 0 atom stereocenters. The molecule has 0 saturated carbocycles. The summed E-state index contributed by atoms with van der Waals surface area (Å²) >= 11 is 0. The third-order valence-electron chi connectivity index (χ3n) is 6.84.